The molecule has 0 atom stereocenters. The van der Waals surface area contributed by atoms with Gasteiger partial charge >= 0.3 is 5.97 Å². The SMILES string of the molecule is COC(=O)c1cc(Br)c2nc(CN3CCC(c4cccc(OCc5ccc(C#N)cc5F)n4)CC3)[nH]c2c1. The Hall–Kier alpha value is -3.81. The second-order valence-electron chi connectivity index (χ2n) is 9.19. The molecule has 10 heteroatoms. The molecule has 3 heterocycles. The molecule has 1 saturated heterocycles. The van der Waals surface area contributed by atoms with Crippen molar-refractivity contribution >= 4 is 32.9 Å². The topological polar surface area (TPSA) is 104 Å². The largest absolute Gasteiger partial charge is 0.473 e. The molecule has 8 nitrogen and oxygen atoms in total. The summed E-state index contributed by atoms with van der Waals surface area (Å²) >= 11 is 3.51. The number of nitrogens with one attached hydrogen (secondary N) is 1. The maximum absolute atomic E-state index is 14.2. The monoisotopic (exact) mass is 577 g/mol. The fourth-order valence-corrected chi connectivity index (χ4v) is 5.21. The van der Waals surface area contributed by atoms with Crippen LogP contribution in [-0.2, 0) is 17.9 Å². The number of pyridine rings is 1. The minimum absolute atomic E-state index is 0.0428. The number of piperidine rings is 1. The number of H-pyrrole nitrogens is 1. The zero-order chi connectivity index (χ0) is 26.6. The summed E-state index contributed by atoms with van der Waals surface area (Å²) in [6.45, 7) is 2.49. The highest BCUT2D eigenvalue weighted by Gasteiger charge is 2.23. The summed E-state index contributed by atoms with van der Waals surface area (Å²) in [4.78, 5) is 27.0. The average molecular weight is 578 g/mol. The smallest absolute Gasteiger partial charge is 0.337 e. The van der Waals surface area contributed by atoms with Gasteiger partial charge in [0, 0.05) is 27.7 Å². The van der Waals surface area contributed by atoms with E-state index in [1.165, 1.54) is 13.2 Å². The van der Waals surface area contributed by atoms with Gasteiger partial charge in [0.15, 0.2) is 0 Å². The van der Waals surface area contributed by atoms with Gasteiger partial charge < -0.3 is 14.5 Å². The molecule has 1 N–H and O–H groups in total. The molecule has 0 aliphatic carbocycles. The number of ether oxygens (including phenoxy) is 2. The van der Waals surface area contributed by atoms with Crippen molar-refractivity contribution in [3.05, 3.63) is 87.0 Å². The van der Waals surface area contributed by atoms with Crippen LogP contribution >= 0.6 is 15.9 Å². The van der Waals surface area contributed by atoms with E-state index in [1.54, 1.807) is 30.3 Å². The Morgan fingerprint density at radius 3 is 2.76 bits per heavy atom. The van der Waals surface area contributed by atoms with Gasteiger partial charge in [-0.05, 0) is 72.2 Å². The summed E-state index contributed by atoms with van der Waals surface area (Å²) < 4.78 is 25.5. The highest BCUT2D eigenvalue weighted by Crippen LogP contribution is 2.30. The molecule has 0 bridgehead atoms. The molecule has 2 aromatic carbocycles. The molecule has 4 aromatic rings. The van der Waals surface area contributed by atoms with Crippen LogP contribution in [0.2, 0.25) is 0 Å². The first-order chi connectivity index (χ1) is 18.4. The number of hydrogen-bond acceptors (Lipinski definition) is 7. The molecule has 0 radical (unpaired) electrons. The quantitative estimate of drug-likeness (QED) is 0.290. The molecule has 38 heavy (non-hydrogen) atoms. The molecular weight excluding hydrogens is 553 g/mol. The van der Waals surface area contributed by atoms with Gasteiger partial charge in [0.1, 0.15) is 23.8 Å². The van der Waals surface area contributed by atoms with Crippen molar-refractivity contribution in [3.8, 4) is 11.9 Å². The third-order valence-corrected chi connectivity index (χ3v) is 7.30. The number of nitrogens with zero attached hydrogens (tertiary/aromatic N) is 4. The van der Waals surface area contributed by atoms with Crippen LogP contribution in [0.15, 0.2) is 53.0 Å². The van der Waals surface area contributed by atoms with Crippen LogP contribution in [0.4, 0.5) is 4.39 Å². The summed E-state index contributed by atoms with van der Waals surface area (Å²) in [6, 6.07) is 15.4. The predicted octanol–water partition coefficient (Wildman–Crippen LogP) is 5.48. The fourth-order valence-electron chi connectivity index (χ4n) is 4.66. The van der Waals surface area contributed by atoms with Gasteiger partial charge in [-0.15, -0.1) is 0 Å². The lowest BCUT2D eigenvalue weighted by molar-refractivity contribution is 0.0601. The Bertz CT molecular complexity index is 1520. The van der Waals surface area contributed by atoms with E-state index in [1.807, 2.05) is 18.2 Å². The zero-order valence-corrected chi connectivity index (χ0v) is 22.3. The summed E-state index contributed by atoms with van der Waals surface area (Å²) in [5, 5.41) is 8.90. The first-order valence-electron chi connectivity index (χ1n) is 12.2. The van der Waals surface area contributed by atoms with Gasteiger partial charge in [-0.25, -0.2) is 19.2 Å². The molecule has 0 unspecified atom stereocenters. The third kappa shape index (κ3) is 5.69. The Morgan fingerprint density at radius 1 is 1.21 bits per heavy atom. The number of halogens is 2. The molecule has 1 aliphatic rings. The molecule has 1 aliphatic heterocycles. The molecule has 194 valence electrons. The number of esters is 1. The third-order valence-electron chi connectivity index (χ3n) is 6.69. The van der Waals surface area contributed by atoms with E-state index in [0.717, 1.165) is 53.0 Å². The van der Waals surface area contributed by atoms with Gasteiger partial charge in [0.05, 0.1) is 36.4 Å². The Morgan fingerprint density at radius 2 is 2.03 bits per heavy atom. The second kappa shape index (κ2) is 11.3. The van der Waals surface area contributed by atoms with Crippen molar-refractivity contribution in [2.75, 3.05) is 20.2 Å². The van der Waals surface area contributed by atoms with Gasteiger partial charge in [-0.1, -0.05) is 12.1 Å². The van der Waals surface area contributed by atoms with Crippen LogP contribution in [0, 0.1) is 17.1 Å². The highest BCUT2D eigenvalue weighted by molar-refractivity contribution is 9.10. The minimum atomic E-state index is -0.465. The molecule has 1 fully saturated rings. The van der Waals surface area contributed by atoms with Crippen molar-refractivity contribution < 1.29 is 18.7 Å². The predicted molar refractivity (Wildman–Crippen MR) is 142 cm³/mol. The Labute approximate surface area is 227 Å². The van der Waals surface area contributed by atoms with E-state index in [0.29, 0.717) is 29.5 Å². The first-order valence-corrected chi connectivity index (χ1v) is 13.0. The maximum Gasteiger partial charge on any atom is 0.337 e. The van der Waals surface area contributed by atoms with E-state index in [9.17, 15) is 9.18 Å². The van der Waals surface area contributed by atoms with Crippen LogP contribution in [-0.4, -0.2) is 46.0 Å². The van der Waals surface area contributed by atoms with Crippen LogP contribution < -0.4 is 4.74 Å². The van der Waals surface area contributed by atoms with Gasteiger partial charge in [-0.2, -0.15) is 5.26 Å². The lowest BCUT2D eigenvalue weighted by Crippen LogP contribution is -2.33. The number of rotatable bonds is 7. The lowest BCUT2D eigenvalue weighted by atomic mass is 9.93. The van der Waals surface area contributed by atoms with Crippen LogP contribution in [0.25, 0.3) is 11.0 Å². The summed E-state index contributed by atoms with van der Waals surface area (Å²) in [5.41, 5.74) is 3.65. The molecule has 0 spiro atoms. The summed E-state index contributed by atoms with van der Waals surface area (Å²) in [6.07, 6.45) is 1.88. The van der Waals surface area contributed by atoms with Crippen LogP contribution in [0.5, 0.6) is 5.88 Å². The molecular formula is C28H25BrFN5O3. The number of carbonyl (C=O) groups excluding carboxylic acids is 1. The standard InChI is InChI=1S/C28H25BrFN5O3/c1-37-28(36)20-12-21(29)27-24(13-20)32-25(34-27)15-35-9-7-18(8-10-35)23-3-2-4-26(33-23)38-16-19-6-5-17(14-31)11-22(19)30/h2-6,11-13,18H,7-10,15-16H2,1H3,(H,32,34). The minimum Gasteiger partial charge on any atom is -0.473 e. The second-order valence-corrected chi connectivity index (χ2v) is 10.0. The normalized spacial score (nSPS) is 14.4. The number of methoxy groups -OCH3 is 1. The number of likely N-dealkylation sites (tertiary alicyclic amines) is 1. The number of imidazole rings is 1. The summed E-state index contributed by atoms with van der Waals surface area (Å²) in [7, 11) is 1.36. The number of aromatic amines is 1. The Balaban J connectivity index is 1.18. The fraction of sp³-hybridized carbons (Fsp3) is 0.286. The van der Waals surface area contributed by atoms with Crippen molar-refractivity contribution in [3.63, 3.8) is 0 Å². The molecule has 0 amide bonds. The maximum atomic E-state index is 14.2. The summed E-state index contributed by atoms with van der Waals surface area (Å²) in [5.74, 6) is 0.732. The van der Waals surface area contributed by atoms with E-state index >= 15 is 0 Å². The van der Waals surface area contributed by atoms with Crippen molar-refractivity contribution in [1.82, 2.24) is 19.9 Å². The first kappa shape index (κ1) is 25.8. The van der Waals surface area contributed by atoms with Crippen molar-refractivity contribution in [1.29, 1.82) is 5.26 Å². The number of benzene rings is 2. The van der Waals surface area contributed by atoms with Gasteiger partial charge in [0.25, 0.3) is 0 Å². The van der Waals surface area contributed by atoms with Crippen LogP contribution in [0.3, 0.4) is 0 Å². The molecule has 5 rings (SSSR count). The van der Waals surface area contributed by atoms with Gasteiger partial charge in [0.2, 0.25) is 5.88 Å². The van der Waals surface area contributed by atoms with Crippen molar-refractivity contribution in [2.45, 2.75) is 31.9 Å². The molecule has 2 aromatic heterocycles. The van der Waals surface area contributed by atoms with Gasteiger partial charge in [-0.3, -0.25) is 4.90 Å². The van der Waals surface area contributed by atoms with Crippen molar-refractivity contribution in [2.24, 2.45) is 0 Å². The highest BCUT2D eigenvalue weighted by atomic mass is 79.9. The number of hydrogen-bond donors (Lipinski definition) is 1. The molecule has 0 saturated carbocycles. The van der Waals surface area contributed by atoms with E-state index in [-0.39, 0.29) is 12.2 Å². The average Bonchev–Trinajstić information content (AvgIpc) is 3.35. The zero-order valence-electron chi connectivity index (χ0n) is 20.7. The Kier molecular flexibility index (Phi) is 7.67. The number of nitriles is 1. The number of fused-ring (bicyclic) bond motifs is 1. The lowest BCUT2D eigenvalue weighted by Gasteiger charge is -2.31. The van der Waals surface area contributed by atoms with Crippen LogP contribution in [0.1, 0.15) is 51.8 Å². The van der Waals surface area contributed by atoms with E-state index in [4.69, 9.17) is 19.7 Å². The van der Waals surface area contributed by atoms with E-state index in [2.05, 4.69) is 30.8 Å². The van der Waals surface area contributed by atoms with E-state index < -0.39 is 11.8 Å². The number of aromatic nitrogens is 3. The number of carbonyl (C=O) groups is 1.